The number of azo groups is 1. The molecule has 0 amide bonds. The Morgan fingerprint density at radius 2 is 1.44 bits per heavy atom. The van der Waals surface area contributed by atoms with Gasteiger partial charge in [0.15, 0.2) is 0 Å². The number of nitrogens with one attached hydrogen (secondary N) is 1. The molecule has 0 aliphatic rings. The third-order valence-electron chi connectivity index (χ3n) is 6.20. The van der Waals surface area contributed by atoms with Crippen molar-refractivity contribution in [3.05, 3.63) is 60.7 Å². The van der Waals surface area contributed by atoms with Gasteiger partial charge in [-0.05, 0) is 68.6 Å². The van der Waals surface area contributed by atoms with Gasteiger partial charge in [0.05, 0.1) is 11.4 Å². The van der Waals surface area contributed by atoms with Gasteiger partial charge in [-0.15, -0.1) is 5.11 Å². The number of ether oxygens (including phenoxy) is 1. The second kappa shape index (κ2) is 13.7. The first-order chi connectivity index (χ1) is 16.7. The van der Waals surface area contributed by atoms with Crippen molar-refractivity contribution in [2.75, 3.05) is 57.7 Å². The predicted octanol–water partition coefficient (Wildman–Crippen LogP) is 6.73. The molecule has 0 aromatic heterocycles. The van der Waals surface area contributed by atoms with Crippen molar-refractivity contribution < 1.29 is 4.74 Å². The Morgan fingerprint density at radius 1 is 0.735 bits per heavy atom. The zero-order valence-electron chi connectivity index (χ0n) is 21.1. The zero-order chi connectivity index (χ0) is 24.2. The Morgan fingerprint density at radius 3 is 2.15 bits per heavy atom. The molecular formula is C28H39N5O. The van der Waals surface area contributed by atoms with E-state index in [0.29, 0.717) is 6.61 Å². The van der Waals surface area contributed by atoms with Crippen LogP contribution in [0.2, 0.25) is 0 Å². The molecule has 6 heteroatoms. The third-order valence-corrected chi connectivity index (χ3v) is 6.20. The van der Waals surface area contributed by atoms with Crippen LogP contribution in [0.4, 0.5) is 17.1 Å². The lowest BCUT2D eigenvalue weighted by Crippen LogP contribution is -2.28. The van der Waals surface area contributed by atoms with Gasteiger partial charge in [0.2, 0.25) is 0 Å². The number of benzene rings is 3. The fourth-order valence-corrected chi connectivity index (χ4v) is 3.97. The van der Waals surface area contributed by atoms with Gasteiger partial charge in [0.25, 0.3) is 0 Å². The number of fused-ring (bicyclic) bond motifs is 1. The smallest absolute Gasteiger partial charge is 0.120 e. The van der Waals surface area contributed by atoms with Gasteiger partial charge in [0.1, 0.15) is 12.4 Å². The van der Waals surface area contributed by atoms with Gasteiger partial charge in [0, 0.05) is 36.1 Å². The lowest BCUT2D eigenvalue weighted by molar-refractivity contribution is 0.223. The molecule has 0 aliphatic carbocycles. The van der Waals surface area contributed by atoms with Gasteiger partial charge in [-0.25, -0.2) is 0 Å². The van der Waals surface area contributed by atoms with E-state index in [1.54, 1.807) is 0 Å². The molecule has 6 nitrogen and oxygen atoms in total. The van der Waals surface area contributed by atoms with Crippen molar-refractivity contribution in [1.82, 2.24) is 9.80 Å². The number of hydrogen-bond acceptors (Lipinski definition) is 6. The fraction of sp³-hybridized carbons (Fsp3) is 0.429. The molecule has 3 aromatic carbocycles. The first kappa shape index (κ1) is 25.7. The lowest BCUT2D eigenvalue weighted by atomic mass is 10.1. The molecular weight excluding hydrogens is 422 g/mol. The number of rotatable bonds is 14. The number of hydrogen-bond donors (Lipinski definition) is 1. The number of likely N-dealkylation sites (N-methyl/N-ethyl adjacent to an activating group) is 2. The van der Waals surface area contributed by atoms with Crippen LogP contribution < -0.4 is 10.1 Å². The molecule has 1 N–H and O–H groups in total. The molecule has 182 valence electrons. The van der Waals surface area contributed by atoms with Crippen LogP contribution in [0.5, 0.6) is 5.75 Å². The van der Waals surface area contributed by atoms with E-state index in [0.717, 1.165) is 79.4 Å². The average Bonchev–Trinajstić information content (AvgIpc) is 2.89. The van der Waals surface area contributed by atoms with E-state index in [-0.39, 0.29) is 0 Å². The maximum absolute atomic E-state index is 6.11. The Bertz CT molecular complexity index is 1030. The Labute approximate surface area is 204 Å². The standard InChI is InChI=1S/C28H39N5O/c1-5-32(6-2)19-18-29-27-16-17-28(31-30-23-12-10-9-11-13-23)26-22-24(14-15-25(26)27)34-21-20-33(7-3)8-4/h9-17,22,29H,5-8,18-21H2,1-4H3. The van der Waals surface area contributed by atoms with Crippen LogP contribution in [0.25, 0.3) is 10.8 Å². The van der Waals surface area contributed by atoms with Crippen LogP contribution in [0.1, 0.15) is 27.7 Å². The molecule has 0 radical (unpaired) electrons. The maximum Gasteiger partial charge on any atom is 0.120 e. The van der Waals surface area contributed by atoms with Crippen LogP contribution >= 0.6 is 0 Å². The summed E-state index contributed by atoms with van der Waals surface area (Å²) in [5, 5.41) is 14.8. The van der Waals surface area contributed by atoms with Gasteiger partial charge < -0.3 is 19.9 Å². The normalized spacial score (nSPS) is 11.7. The molecule has 0 atom stereocenters. The van der Waals surface area contributed by atoms with E-state index in [1.807, 2.05) is 36.4 Å². The van der Waals surface area contributed by atoms with Gasteiger partial charge in [-0.2, -0.15) is 5.11 Å². The molecule has 0 aliphatic heterocycles. The largest absolute Gasteiger partial charge is 0.492 e. The van der Waals surface area contributed by atoms with Gasteiger partial charge in [-0.1, -0.05) is 45.9 Å². The van der Waals surface area contributed by atoms with Crippen LogP contribution in [0.3, 0.4) is 0 Å². The maximum atomic E-state index is 6.11. The van der Waals surface area contributed by atoms with Crippen molar-refractivity contribution in [3.63, 3.8) is 0 Å². The lowest BCUT2D eigenvalue weighted by Gasteiger charge is -2.19. The zero-order valence-corrected chi connectivity index (χ0v) is 21.1. The van der Waals surface area contributed by atoms with Crippen LogP contribution in [-0.2, 0) is 0 Å². The Kier molecular flexibility index (Phi) is 10.3. The molecule has 0 saturated heterocycles. The van der Waals surface area contributed by atoms with Gasteiger partial charge in [-0.3, -0.25) is 0 Å². The minimum atomic E-state index is 0.663. The second-order valence-corrected chi connectivity index (χ2v) is 8.20. The Balaban J connectivity index is 1.85. The molecule has 0 saturated carbocycles. The van der Waals surface area contributed by atoms with Crippen molar-refractivity contribution in [3.8, 4) is 5.75 Å². The van der Waals surface area contributed by atoms with Crippen molar-refractivity contribution in [1.29, 1.82) is 0 Å². The Hall–Kier alpha value is -2.96. The van der Waals surface area contributed by atoms with Crippen molar-refractivity contribution in [2.45, 2.75) is 27.7 Å². The molecule has 0 spiro atoms. The molecule has 0 unspecified atom stereocenters. The molecule has 3 rings (SSSR count). The minimum absolute atomic E-state index is 0.663. The van der Waals surface area contributed by atoms with Crippen LogP contribution in [0, 0.1) is 0 Å². The van der Waals surface area contributed by atoms with E-state index >= 15 is 0 Å². The summed E-state index contributed by atoms with van der Waals surface area (Å²) < 4.78 is 6.11. The summed E-state index contributed by atoms with van der Waals surface area (Å²) in [6.07, 6.45) is 0. The highest BCUT2D eigenvalue weighted by molar-refractivity contribution is 6.01. The summed E-state index contributed by atoms with van der Waals surface area (Å²) in [7, 11) is 0. The summed E-state index contributed by atoms with van der Waals surface area (Å²) in [4.78, 5) is 4.78. The van der Waals surface area contributed by atoms with E-state index in [1.165, 1.54) is 0 Å². The summed E-state index contributed by atoms with van der Waals surface area (Å²) in [5.41, 5.74) is 2.78. The highest BCUT2D eigenvalue weighted by atomic mass is 16.5. The van der Waals surface area contributed by atoms with E-state index in [4.69, 9.17) is 4.74 Å². The molecule has 34 heavy (non-hydrogen) atoms. The molecule has 3 aromatic rings. The highest BCUT2D eigenvalue weighted by Crippen LogP contribution is 2.35. The van der Waals surface area contributed by atoms with Crippen LogP contribution in [-0.4, -0.2) is 62.2 Å². The van der Waals surface area contributed by atoms with Crippen LogP contribution in [0.15, 0.2) is 70.9 Å². The molecule has 0 fully saturated rings. The quantitative estimate of drug-likeness (QED) is 0.270. The SMILES string of the molecule is CCN(CC)CCNc1ccc(N=Nc2ccccc2)c2cc(OCCN(CC)CC)ccc12. The summed E-state index contributed by atoms with van der Waals surface area (Å²) in [5.74, 6) is 0.858. The van der Waals surface area contributed by atoms with E-state index in [9.17, 15) is 0 Å². The predicted molar refractivity (Wildman–Crippen MR) is 144 cm³/mol. The number of nitrogens with zero attached hydrogens (tertiary/aromatic N) is 4. The minimum Gasteiger partial charge on any atom is -0.492 e. The van der Waals surface area contributed by atoms with E-state index in [2.05, 4.69) is 77.3 Å². The summed E-state index contributed by atoms with van der Waals surface area (Å²) in [6, 6.07) is 20.2. The summed E-state index contributed by atoms with van der Waals surface area (Å²) in [6.45, 7) is 16.4. The number of anilines is 1. The fourth-order valence-electron chi connectivity index (χ4n) is 3.97. The topological polar surface area (TPSA) is 52.5 Å². The van der Waals surface area contributed by atoms with Gasteiger partial charge >= 0.3 is 0 Å². The average molecular weight is 462 g/mol. The van der Waals surface area contributed by atoms with E-state index < -0.39 is 0 Å². The second-order valence-electron chi connectivity index (χ2n) is 8.20. The molecule has 0 bridgehead atoms. The monoisotopic (exact) mass is 461 g/mol. The van der Waals surface area contributed by atoms with Crippen molar-refractivity contribution >= 4 is 27.8 Å². The highest BCUT2D eigenvalue weighted by Gasteiger charge is 2.09. The third kappa shape index (κ3) is 7.27. The molecule has 0 heterocycles. The van der Waals surface area contributed by atoms with Crippen molar-refractivity contribution in [2.24, 2.45) is 10.2 Å². The summed E-state index contributed by atoms with van der Waals surface area (Å²) >= 11 is 0. The first-order valence-corrected chi connectivity index (χ1v) is 12.5. The first-order valence-electron chi connectivity index (χ1n) is 12.5.